The number of anilines is 1. The zero-order valence-corrected chi connectivity index (χ0v) is 13.8. The molecule has 1 aromatic rings. The normalized spacial score (nSPS) is 13.6. The van der Waals surface area contributed by atoms with Crippen molar-refractivity contribution in [2.45, 2.75) is 39.7 Å². The van der Waals surface area contributed by atoms with Crippen molar-refractivity contribution in [2.75, 3.05) is 25.5 Å². The molecule has 5 heteroatoms. The number of nitrogens with one attached hydrogen (secondary N) is 2. The molecule has 0 unspecified atom stereocenters. The number of hydrogen-bond donors (Lipinski definition) is 2. The number of amides is 2. The summed E-state index contributed by atoms with van der Waals surface area (Å²) >= 11 is 0. The van der Waals surface area contributed by atoms with Crippen molar-refractivity contribution in [1.29, 1.82) is 0 Å². The highest BCUT2D eigenvalue weighted by molar-refractivity contribution is 5.87. The Balaban J connectivity index is 1.85. The third-order valence-electron chi connectivity index (χ3n) is 3.84. The van der Waals surface area contributed by atoms with Gasteiger partial charge in [0, 0.05) is 18.8 Å². The van der Waals surface area contributed by atoms with E-state index in [1.807, 2.05) is 13.8 Å². The number of likely N-dealkylation sites (N-methyl/N-ethyl adjacent to an activating group) is 1. The first-order chi connectivity index (χ1) is 10.4. The third-order valence-corrected chi connectivity index (χ3v) is 3.84. The highest BCUT2D eigenvalue weighted by Crippen LogP contribution is 2.21. The van der Waals surface area contributed by atoms with Crippen molar-refractivity contribution in [3.63, 3.8) is 0 Å². The van der Waals surface area contributed by atoms with E-state index in [1.54, 1.807) is 7.05 Å². The van der Waals surface area contributed by atoms with Gasteiger partial charge in [0.15, 0.2) is 0 Å². The van der Waals surface area contributed by atoms with Gasteiger partial charge in [0.1, 0.15) is 0 Å². The minimum Gasteiger partial charge on any atom is -0.376 e. The lowest BCUT2D eigenvalue weighted by Crippen LogP contribution is -2.41. The van der Waals surface area contributed by atoms with Gasteiger partial charge in [0.2, 0.25) is 11.8 Å². The van der Waals surface area contributed by atoms with Gasteiger partial charge < -0.3 is 15.5 Å². The molecule has 0 radical (unpaired) electrons. The van der Waals surface area contributed by atoms with Crippen LogP contribution in [0.5, 0.6) is 0 Å². The SMILES string of the molecule is Cc1cc(C)c(NCC(=O)N(C)CC(=O)NC2CC2)c(C)c1. The van der Waals surface area contributed by atoms with Crippen LogP contribution in [-0.2, 0) is 9.59 Å². The van der Waals surface area contributed by atoms with E-state index in [4.69, 9.17) is 0 Å². The second-order valence-corrected chi connectivity index (χ2v) is 6.22. The number of carbonyl (C=O) groups is 2. The molecule has 0 bridgehead atoms. The van der Waals surface area contributed by atoms with Gasteiger partial charge in [-0.15, -0.1) is 0 Å². The fraction of sp³-hybridized carbons (Fsp3) is 0.529. The lowest BCUT2D eigenvalue weighted by atomic mass is 10.1. The maximum Gasteiger partial charge on any atom is 0.242 e. The van der Waals surface area contributed by atoms with Crippen LogP contribution >= 0.6 is 0 Å². The molecule has 0 atom stereocenters. The van der Waals surface area contributed by atoms with Gasteiger partial charge in [-0.2, -0.15) is 0 Å². The van der Waals surface area contributed by atoms with Crippen LogP contribution in [0.3, 0.4) is 0 Å². The van der Waals surface area contributed by atoms with Crippen molar-refractivity contribution < 1.29 is 9.59 Å². The Kier molecular flexibility index (Phi) is 5.06. The number of carbonyl (C=O) groups excluding carboxylic acids is 2. The third kappa shape index (κ3) is 4.48. The van der Waals surface area contributed by atoms with Crippen molar-refractivity contribution in [3.05, 3.63) is 28.8 Å². The number of aryl methyl sites for hydroxylation is 3. The largest absolute Gasteiger partial charge is 0.376 e. The predicted octanol–water partition coefficient (Wildman–Crippen LogP) is 1.76. The second-order valence-electron chi connectivity index (χ2n) is 6.22. The minimum atomic E-state index is -0.0923. The van der Waals surface area contributed by atoms with E-state index < -0.39 is 0 Å². The van der Waals surface area contributed by atoms with Gasteiger partial charge in [0.25, 0.3) is 0 Å². The van der Waals surface area contributed by atoms with E-state index in [1.165, 1.54) is 10.5 Å². The maximum absolute atomic E-state index is 12.1. The van der Waals surface area contributed by atoms with Gasteiger partial charge >= 0.3 is 0 Å². The molecular weight excluding hydrogens is 278 g/mol. The highest BCUT2D eigenvalue weighted by Gasteiger charge is 2.24. The first-order valence-corrected chi connectivity index (χ1v) is 7.72. The summed E-state index contributed by atoms with van der Waals surface area (Å²) in [7, 11) is 1.66. The van der Waals surface area contributed by atoms with Crippen molar-refractivity contribution in [2.24, 2.45) is 0 Å². The van der Waals surface area contributed by atoms with Gasteiger partial charge in [-0.3, -0.25) is 9.59 Å². The first-order valence-electron chi connectivity index (χ1n) is 7.72. The highest BCUT2D eigenvalue weighted by atomic mass is 16.2. The van der Waals surface area contributed by atoms with Crippen molar-refractivity contribution >= 4 is 17.5 Å². The van der Waals surface area contributed by atoms with Crippen LogP contribution in [0.4, 0.5) is 5.69 Å². The Morgan fingerprint density at radius 3 is 2.32 bits per heavy atom. The molecular formula is C17H25N3O2. The van der Waals surface area contributed by atoms with Crippen LogP contribution in [0.25, 0.3) is 0 Å². The number of nitrogens with zero attached hydrogens (tertiary/aromatic N) is 1. The van der Waals surface area contributed by atoms with Crippen LogP contribution in [0.1, 0.15) is 29.5 Å². The average Bonchev–Trinajstić information content (AvgIpc) is 3.20. The molecule has 0 aliphatic heterocycles. The topological polar surface area (TPSA) is 61.4 Å². The second kappa shape index (κ2) is 6.81. The summed E-state index contributed by atoms with van der Waals surface area (Å²) in [6.45, 7) is 6.42. The smallest absolute Gasteiger partial charge is 0.242 e. The molecule has 0 spiro atoms. The van der Waals surface area contributed by atoms with Crippen molar-refractivity contribution in [1.82, 2.24) is 10.2 Å². The van der Waals surface area contributed by atoms with E-state index in [0.717, 1.165) is 29.7 Å². The maximum atomic E-state index is 12.1. The Hall–Kier alpha value is -2.04. The number of rotatable bonds is 6. The van der Waals surface area contributed by atoms with Crippen LogP contribution in [0.15, 0.2) is 12.1 Å². The molecule has 0 saturated heterocycles. The van der Waals surface area contributed by atoms with E-state index in [-0.39, 0.29) is 24.9 Å². The molecule has 1 fully saturated rings. The van der Waals surface area contributed by atoms with E-state index in [9.17, 15) is 9.59 Å². The summed E-state index contributed by atoms with van der Waals surface area (Å²) in [5.74, 6) is -0.175. The lowest BCUT2D eigenvalue weighted by Gasteiger charge is -2.19. The Bertz CT molecular complexity index is 556. The standard InChI is InChI=1S/C17H25N3O2/c1-11-7-12(2)17(13(3)8-11)18-9-16(22)20(4)10-15(21)19-14-5-6-14/h7-8,14,18H,5-6,9-10H2,1-4H3,(H,19,21). The molecule has 0 heterocycles. The minimum absolute atomic E-state index is 0.0824. The number of hydrogen-bond acceptors (Lipinski definition) is 3. The Labute approximate surface area is 132 Å². The molecule has 1 saturated carbocycles. The van der Waals surface area contributed by atoms with Crippen LogP contribution in [-0.4, -0.2) is 42.9 Å². The molecule has 1 aliphatic carbocycles. The average molecular weight is 303 g/mol. The molecule has 120 valence electrons. The van der Waals surface area contributed by atoms with E-state index in [0.29, 0.717) is 6.04 Å². The Morgan fingerprint density at radius 2 is 1.77 bits per heavy atom. The van der Waals surface area contributed by atoms with Gasteiger partial charge in [-0.05, 0) is 44.7 Å². The van der Waals surface area contributed by atoms with Crippen LogP contribution < -0.4 is 10.6 Å². The van der Waals surface area contributed by atoms with Gasteiger partial charge in [-0.25, -0.2) is 0 Å². The molecule has 5 nitrogen and oxygen atoms in total. The number of benzene rings is 1. The lowest BCUT2D eigenvalue weighted by molar-refractivity contribution is -0.133. The van der Waals surface area contributed by atoms with Crippen LogP contribution in [0.2, 0.25) is 0 Å². The quantitative estimate of drug-likeness (QED) is 0.842. The molecule has 2 N–H and O–H groups in total. The van der Waals surface area contributed by atoms with E-state index in [2.05, 4.69) is 29.7 Å². The Morgan fingerprint density at radius 1 is 1.18 bits per heavy atom. The van der Waals surface area contributed by atoms with Crippen molar-refractivity contribution in [3.8, 4) is 0 Å². The summed E-state index contributed by atoms with van der Waals surface area (Å²) in [5.41, 5.74) is 4.45. The fourth-order valence-electron chi connectivity index (χ4n) is 2.56. The summed E-state index contributed by atoms with van der Waals surface area (Å²) in [5, 5.41) is 6.08. The van der Waals surface area contributed by atoms with Gasteiger partial charge in [-0.1, -0.05) is 17.7 Å². The first kappa shape index (κ1) is 16.3. The fourth-order valence-corrected chi connectivity index (χ4v) is 2.56. The molecule has 1 aromatic carbocycles. The molecule has 0 aromatic heterocycles. The summed E-state index contributed by atoms with van der Waals surface area (Å²) in [4.78, 5) is 25.3. The molecule has 2 rings (SSSR count). The molecule has 2 amide bonds. The summed E-state index contributed by atoms with van der Waals surface area (Å²) < 4.78 is 0. The van der Waals surface area contributed by atoms with Crippen LogP contribution in [0, 0.1) is 20.8 Å². The molecule has 22 heavy (non-hydrogen) atoms. The monoisotopic (exact) mass is 303 g/mol. The zero-order chi connectivity index (χ0) is 16.3. The molecule has 1 aliphatic rings. The summed E-state index contributed by atoms with van der Waals surface area (Å²) in [6.07, 6.45) is 2.11. The van der Waals surface area contributed by atoms with E-state index >= 15 is 0 Å². The zero-order valence-electron chi connectivity index (χ0n) is 13.8. The predicted molar refractivity (Wildman–Crippen MR) is 87.9 cm³/mol. The summed E-state index contributed by atoms with van der Waals surface area (Å²) in [6, 6.07) is 4.51. The van der Waals surface area contributed by atoms with Gasteiger partial charge in [0.05, 0.1) is 13.1 Å².